The molecule has 9 heteroatoms. The topological polar surface area (TPSA) is 76.9 Å². The lowest BCUT2D eigenvalue weighted by atomic mass is 10.0. The molecule has 1 atom stereocenters. The van der Waals surface area contributed by atoms with E-state index in [2.05, 4.69) is 51.9 Å². The number of amides is 1. The average molecular weight is 562 g/mol. The third-order valence-corrected chi connectivity index (χ3v) is 6.82. The first kappa shape index (κ1) is 26.2. The number of benzene rings is 2. The van der Waals surface area contributed by atoms with Gasteiger partial charge < -0.3 is 9.88 Å². The number of carbonyl (C=O) groups is 2. The van der Waals surface area contributed by atoms with Crippen LogP contribution < -0.4 is 5.32 Å². The number of allylic oxidation sites excluding steroid dienone is 1. The molecule has 3 aromatic rings. The summed E-state index contributed by atoms with van der Waals surface area (Å²) in [6, 6.07) is 13.8. The second-order valence-corrected chi connectivity index (χ2v) is 10.4. The molecule has 0 spiro atoms. The normalized spacial score (nSPS) is 11.9. The molecule has 0 fully saturated rings. The van der Waals surface area contributed by atoms with E-state index >= 15 is 0 Å². The molecular formula is C25H26BrClN4O2S. The first-order chi connectivity index (χ1) is 16.3. The minimum atomic E-state index is -0.382. The lowest BCUT2D eigenvalue weighted by Gasteiger charge is -2.21. The maximum Gasteiger partial charge on any atom is 0.253 e. The van der Waals surface area contributed by atoms with Crippen LogP contribution in [0.5, 0.6) is 0 Å². The second-order valence-electron chi connectivity index (χ2n) is 8.09. The van der Waals surface area contributed by atoms with E-state index in [-0.39, 0.29) is 23.5 Å². The van der Waals surface area contributed by atoms with Gasteiger partial charge in [0.1, 0.15) is 0 Å². The van der Waals surface area contributed by atoms with Crippen molar-refractivity contribution >= 4 is 51.0 Å². The fourth-order valence-electron chi connectivity index (χ4n) is 3.40. The van der Waals surface area contributed by atoms with E-state index in [0.717, 1.165) is 4.47 Å². The van der Waals surface area contributed by atoms with Gasteiger partial charge in [-0.05, 0) is 36.6 Å². The zero-order chi connectivity index (χ0) is 24.7. The van der Waals surface area contributed by atoms with Crippen molar-refractivity contribution in [2.75, 3.05) is 5.75 Å². The molecule has 0 aliphatic rings. The van der Waals surface area contributed by atoms with E-state index in [1.807, 2.05) is 16.7 Å². The highest BCUT2D eigenvalue weighted by molar-refractivity contribution is 9.10. The molecular weight excluding hydrogens is 536 g/mol. The number of hydrogen-bond donors (Lipinski definition) is 1. The summed E-state index contributed by atoms with van der Waals surface area (Å²) in [5.41, 5.74) is 1.04. The van der Waals surface area contributed by atoms with Crippen molar-refractivity contribution in [3.05, 3.63) is 87.6 Å². The van der Waals surface area contributed by atoms with Crippen LogP contribution in [0, 0.1) is 5.92 Å². The molecule has 0 radical (unpaired) electrons. The van der Waals surface area contributed by atoms with Crippen LogP contribution in [0.15, 0.2) is 70.8 Å². The van der Waals surface area contributed by atoms with Gasteiger partial charge in [0.25, 0.3) is 5.91 Å². The number of hydrogen-bond acceptors (Lipinski definition) is 5. The molecule has 178 valence electrons. The molecule has 0 aliphatic heterocycles. The maximum absolute atomic E-state index is 13.0. The van der Waals surface area contributed by atoms with Crippen LogP contribution in [0.25, 0.3) is 0 Å². The quantitative estimate of drug-likeness (QED) is 0.167. The zero-order valence-electron chi connectivity index (χ0n) is 19.0. The summed E-state index contributed by atoms with van der Waals surface area (Å²) in [4.78, 5) is 25.6. The van der Waals surface area contributed by atoms with Crippen molar-refractivity contribution in [2.45, 2.75) is 38.0 Å². The van der Waals surface area contributed by atoms with Crippen LogP contribution in [0.4, 0.5) is 0 Å². The number of nitrogens with one attached hydrogen (secondary N) is 1. The third kappa shape index (κ3) is 6.81. The van der Waals surface area contributed by atoms with Crippen LogP contribution >= 0.6 is 39.3 Å². The number of rotatable bonds is 11. The number of thioether (sulfide) groups is 1. The van der Waals surface area contributed by atoms with Crippen molar-refractivity contribution in [2.24, 2.45) is 5.92 Å². The van der Waals surface area contributed by atoms with Gasteiger partial charge in [-0.2, -0.15) is 0 Å². The van der Waals surface area contributed by atoms with E-state index in [4.69, 9.17) is 11.6 Å². The smallest absolute Gasteiger partial charge is 0.253 e. The molecule has 34 heavy (non-hydrogen) atoms. The van der Waals surface area contributed by atoms with E-state index < -0.39 is 0 Å². The maximum atomic E-state index is 13.0. The van der Waals surface area contributed by atoms with Gasteiger partial charge in [0, 0.05) is 16.6 Å². The number of carbonyl (C=O) groups excluding carboxylic acids is 2. The highest BCUT2D eigenvalue weighted by Gasteiger charge is 2.25. The monoisotopic (exact) mass is 560 g/mol. The summed E-state index contributed by atoms with van der Waals surface area (Å²) >= 11 is 10.9. The summed E-state index contributed by atoms with van der Waals surface area (Å²) in [7, 11) is 0. The molecule has 2 aromatic carbocycles. The van der Waals surface area contributed by atoms with Crippen LogP contribution in [0.2, 0.25) is 5.02 Å². The van der Waals surface area contributed by atoms with Crippen LogP contribution in [-0.2, 0) is 6.54 Å². The molecule has 0 saturated heterocycles. The fourth-order valence-corrected chi connectivity index (χ4v) is 4.73. The molecule has 0 unspecified atom stereocenters. The van der Waals surface area contributed by atoms with E-state index in [0.29, 0.717) is 46.0 Å². The third-order valence-electron chi connectivity index (χ3n) is 5.00. The van der Waals surface area contributed by atoms with Gasteiger partial charge in [-0.1, -0.05) is 83.5 Å². The largest absolute Gasteiger partial charge is 0.342 e. The van der Waals surface area contributed by atoms with Crippen molar-refractivity contribution < 1.29 is 9.59 Å². The lowest BCUT2D eigenvalue weighted by Crippen LogP contribution is -2.32. The summed E-state index contributed by atoms with van der Waals surface area (Å²) in [6.07, 6.45) is 2.41. The molecule has 0 bridgehead atoms. The zero-order valence-corrected chi connectivity index (χ0v) is 22.2. The average Bonchev–Trinajstić information content (AvgIpc) is 3.20. The number of Topliss-reactive ketones (excluding diaryl/α,β-unsaturated/α-hetero) is 1. The fraction of sp³-hybridized carbons (Fsp3) is 0.280. The van der Waals surface area contributed by atoms with Crippen molar-refractivity contribution in [3.8, 4) is 0 Å². The van der Waals surface area contributed by atoms with Crippen molar-refractivity contribution in [1.29, 1.82) is 0 Å². The Morgan fingerprint density at radius 3 is 2.53 bits per heavy atom. The number of ketones is 1. The Hall–Kier alpha value is -2.42. The molecule has 1 aromatic heterocycles. The molecule has 1 heterocycles. The molecule has 0 aliphatic carbocycles. The van der Waals surface area contributed by atoms with Crippen LogP contribution in [0.1, 0.15) is 52.9 Å². The van der Waals surface area contributed by atoms with Gasteiger partial charge in [0.2, 0.25) is 0 Å². The standard InChI is InChI=1S/C25H26BrClN4O2S/c1-4-13-31-23(21(14-16(2)3)28-24(33)19-7-5-6-8-20(19)27)29-30-25(31)34-15-22(32)17-9-11-18(26)12-10-17/h4-12,16,21H,1,13-15H2,2-3H3,(H,28,33)/t21-/m0/s1. The predicted octanol–water partition coefficient (Wildman–Crippen LogP) is 6.37. The minimum absolute atomic E-state index is 0.00189. The summed E-state index contributed by atoms with van der Waals surface area (Å²) < 4.78 is 2.81. The summed E-state index contributed by atoms with van der Waals surface area (Å²) in [5.74, 6) is 0.854. The van der Waals surface area contributed by atoms with Crippen LogP contribution in [0.3, 0.4) is 0 Å². The predicted molar refractivity (Wildman–Crippen MR) is 141 cm³/mol. The first-order valence-electron chi connectivity index (χ1n) is 10.8. The van der Waals surface area contributed by atoms with Gasteiger partial charge in [-0.25, -0.2) is 0 Å². The van der Waals surface area contributed by atoms with Gasteiger partial charge in [0.05, 0.1) is 22.4 Å². The molecule has 0 saturated carbocycles. The highest BCUT2D eigenvalue weighted by atomic mass is 79.9. The summed E-state index contributed by atoms with van der Waals surface area (Å²) in [5, 5.41) is 12.8. The molecule has 6 nitrogen and oxygen atoms in total. The molecule has 1 amide bonds. The SMILES string of the molecule is C=CCn1c(SCC(=O)c2ccc(Br)cc2)nnc1[C@H](CC(C)C)NC(=O)c1ccccc1Cl. The number of nitrogens with zero attached hydrogens (tertiary/aromatic N) is 3. The molecule has 1 N–H and O–H groups in total. The Bertz CT molecular complexity index is 1160. The Morgan fingerprint density at radius 2 is 1.88 bits per heavy atom. The first-order valence-corrected chi connectivity index (χ1v) is 13.0. The highest BCUT2D eigenvalue weighted by Crippen LogP contribution is 2.27. The number of aromatic nitrogens is 3. The van der Waals surface area contributed by atoms with Crippen molar-refractivity contribution in [3.63, 3.8) is 0 Å². The summed E-state index contributed by atoms with van der Waals surface area (Å²) in [6.45, 7) is 8.46. The van der Waals surface area contributed by atoms with E-state index in [1.165, 1.54) is 11.8 Å². The lowest BCUT2D eigenvalue weighted by molar-refractivity contribution is 0.0928. The Balaban J connectivity index is 1.82. The molecule has 3 rings (SSSR count). The van der Waals surface area contributed by atoms with Gasteiger partial charge in [0.15, 0.2) is 16.8 Å². The Morgan fingerprint density at radius 1 is 1.18 bits per heavy atom. The van der Waals surface area contributed by atoms with Gasteiger partial charge >= 0.3 is 0 Å². The van der Waals surface area contributed by atoms with E-state index in [9.17, 15) is 9.59 Å². The van der Waals surface area contributed by atoms with Gasteiger partial charge in [-0.3, -0.25) is 9.59 Å². The van der Waals surface area contributed by atoms with Crippen molar-refractivity contribution in [1.82, 2.24) is 20.1 Å². The Labute approximate surface area is 217 Å². The Kier molecular flexibility index (Phi) is 9.50. The van der Waals surface area contributed by atoms with Crippen LogP contribution in [-0.4, -0.2) is 32.2 Å². The van der Waals surface area contributed by atoms with Gasteiger partial charge in [-0.15, -0.1) is 16.8 Å². The minimum Gasteiger partial charge on any atom is -0.342 e. The number of halogens is 2. The van der Waals surface area contributed by atoms with E-state index in [1.54, 1.807) is 42.5 Å². The second kappa shape index (κ2) is 12.3.